The number of anilines is 1. The first kappa shape index (κ1) is 32.5. The molecule has 3 heterocycles. The van der Waals surface area contributed by atoms with Crippen molar-refractivity contribution in [2.45, 2.75) is 38.5 Å². The van der Waals surface area contributed by atoms with Gasteiger partial charge in [0.15, 0.2) is 0 Å². The van der Waals surface area contributed by atoms with Crippen LogP contribution in [0.25, 0.3) is 22.0 Å². The molecule has 46 heavy (non-hydrogen) atoms. The summed E-state index contributed by atoms with van der Waals surface area (Å²) in [5.74, 6) is -5.20. The Bertz CT molecular complexity index is 1890. The molecule has 2 aromatic carbocycles. The number of nitrogens with one attached hydrogen (secondary N) is 1. The Morgan fingerprint density at radius 3 is 2.48 bits per heavy atom. The van der Waals surface area contributed by atoms with Crippen LogP contribution < -0.4 is 15.8 Å². The first-order chi connectivity index (χ1) is 21.7. The third-order valence-electron chi connectivity index (χ3n) is 8.09. The lowest BCUT2D eigenvalue weighted by Gasteiger charge is -2.35. The summed E-state index contributed by atoms with van der Waals surface area (Å²) in [5, 5.41) is 12.3. The molecule has 9 nitrogen and oxygen atoms in total. The minimum atomic E-state index is -4.87. The first-order valence-corrected chi connectivity index (χ1v) is 14.2. The van der Waals surface area contributed by atoms with E-state index >= 15 is 8.78 Å². The van der Waals surface area contributed by atoms with Crippen molar-refractivity contribution in [3.05, 3.63) is 93.0 Å². The third kappa shape index (κ3) is 6.16. The van der Waals surface area contributed by atoms with E-state index in [2.05, 4.69) is 10.3 Å². The second-order valence-electron chi connectivity index (χ2n) is 11.1. The fourth-order valence-corrected chi connectivity index (χ4v) is 5.62. The zero-order valence-electron chi connectivity index (χ0n) is 24.9. The monoisotopic (exact) mass is 644 g/mol. The number of ether oxygens (including phenoxy) is 1. The van der Waals surface area contributed by atoms with Gasteiger partial charge >= 0.3 is 12.1 Å². The molecule has 4 aromatic rings. The van der Waals surface area contributed by atoms with Gasteiger partial charge in [-0.3, -0.25) is 14.6 Å². The van der Waals surface area contributed by atoms with Gasteiger partial charge in [-0.05, 0) is 43.7 Å². The number of alkyl halides is 3. The zero-order chi connectivity index (χ0) is 33.5. The minimum absolute atomic E-state index is 0.00747. The summed E-state index contributed by atoms with van der Waals surface area (Å²) in [5.41, 5.74) is -3.24. The standard InChI is InChI=1S/C32H29F5N4O5/c1-16-11-22(32(35,36)37)26(30(43)40(16)3)21-7-6-18(20-5-4-8-38-28(20)21)12-25(31(44)45)39-29(42)27-23(33)13-19(14-24(27)34)41-9-10-46-15-17(41)2/h4-8,11,13-14,17,25H,9-10,12,15H2,1-3H3,(H,39,42)(H,44,45)/t17-,25-/m0/s1. The summed E-state index contributed by atoms with van der Waals surface area (Å²) in [7, 11) is 1.34. The smallest absolute Gasteiger partial charge is 0.417 e. The van der Waals surface area contributed by atoms with Crippen LogP contribution in [0.1, 0.15) is 34.1 Å². The van der Waals surface area contributed by atoms with Crippen LogP contribution in [0.4, 0.5) is 27.6 Å². The van der Waals surface area contributed by atoms with Crippen molar-refractivity contribution >= 4 is 28.5 Å². The number of carbonyl (C=O) groups excluding carboxylic acids is 1. The van der Waals surface area contributed by atoms with Crippen molar-refractivity contribution in [1.82, 2.24) is 14.9 Å². The quantitative estimate of drug-likeness (QED) is 0.277. The van der Waals surface area contributed by atoms with Gasteiger partial charge in [0, 0.05) is 54.6 Å². The fourth-order valence-electron chi connectivity index (χ4n) is 5.62. The van der Waals surface area contributed by atoms with Gasteiger partial charge in [-0.2, -0.15) is 13.2 Å². The van der Waals surface area contributed by atoms with Crippen LogP contribution in [0, 0.1) is 18.6 Å². The number of benzene rings is 2. The number of carbonyl (C=O) groups is 2. The number of aryl methyl sites for hydroxylation is 1. The number of morpholine rings is 1. The third-order valence-corrected chi connectivity index (χ3v) is 8.09. The number of carboxylic acids is 1. The second-order valence-corrected chi connectivity index (χ2v) is 11.1. The van der Waals surface area contributed by atoms with E-state index in [4.69, 9.17) is 4.74 Å². The van der Waals surface area contributed by atoms with Crippen molar-refractivity contribution < 1.29 is 41.4 Å². The van der Waals surface area contributed by atoms with E-state index < -0.39 is 64.4 Å². The van der Waals surface area contributed by atoms with E-state index in [1.54, 1.807) is 4.90 Å². The molecule has 2 N–H and O–H groups in total. The molecule has 2 aromatic heterocycles. The normalized spacial score (nSPS) is 16.0. The highest BCUT2D eigenvalue weighted by Gasteiger charge is 2.37. The van der Waals surface area contributed by atoms with Crippen LogP contribution in [0.15, 0.2) is 53.5 Å². The van der Waals surface area contributed by atoms with E-state index in [1.165, 1.54) is 44.4 Å². The Balaban J connectivity index is 1.49. The molecule has 1 saturated heterocycles. The molecule has 0 aliphatic carbocycles. The minimum Gasteiger partial charge on any atom is -0.480 e. The zero-order valence-corrected chi connectivity index (χ0v) is 24.9. The molecule has 2 atom stereocenters. The molecule has 1 amide bonds. The maximum Gasteiger partial charge on any atom is 0.417 e. The van der Waals surface area contributed by atoms with Gasteiger partial charge in [-0.15, -0.1) is 0 Å². The lowest BCUT2D eigenvalue weighted by Crippen LogP contribution is -2.44. The average Bonchev–Trinajstić information content (AvgIpc) is 2.99. The van der Waals surface area contributed by atoms with Gasteiger partial charge < -0.3 is 24.6 Å². The Kier molecular flexibility index (Phi) is 8.85. The van der Waals surface area contributed by atoms with Crippen LogP contribution in [0.3, 0.4) is 0 Å². The van der Waals surface area contributed by atoms with Crippen LogP contribution in [0.2, 0.25) is 0 Å². The van der Waals surface area contributed by atoms with Gasteiger partial charge in [0.1, 0.15) is 23.2 Å². The Morgan fingerprint density at radius 2 is 1.85 bits per heavy atom. The van der Waals surface area contributed by atoms with Gasteiger partial charge in [0.05, 0.1) is 29.9 Å². The summed E-state index contributed by atoms with van der Waals surface area (Å²) in [4.78, 5) is 44.3. The second kappa shape index (κ2) is 12.5. The van der Waals surface area contributed by atoms with Crippen LogP contribution >= 0.6 is 0 Å². The molecule has 242 valence electrons. The highest BCUT2D eigenvalue weighted by atomic mass is 19.4. The van der Waals surface area contributed by atoms with Crippen molar-refractivity contribution in [3.8, 4) is 11.1 Å². The van der Waals surface area contributed by atoms with Crippen LogP contribution in [-0.2, 0) is 29.2 Å². The Labute approximate surface area is 259 Å². The molecular weight excluding hydrogens is 615 g/mol. The number of halogens is 5. The van der Waals surface area contributed by atoms with Gasteiger partial charge in [0.2, 0.25) is 0 Å². The SMILES string of the molecule is Cc1cc(C(F)(F)F)c(-c2ccc(C[C@H](NC(=O)c3c(F)cc(N4CCOC[C@@H]4C)cc3F)C(=O)O)c3cccnc23)c(=O)n1C. The van der Waals surface area contributed by atoms with E-state index in [9.17, 15) is 32.7 Å². The molecule has 1 aliphatic rings. The predicted molar refractivity (Wildman–Crippen MR) is 159 cm³/mol. The van der Waals surface area contributed by atoms with Gasteiger partial charge in [0.25, 0.3) is 11.5 Å². The van der Waals surface area contributed by atoms with Crippen molar-refractivity contribution in [2.24, 2.45) is 7.05 Å². The summed E-state index contributed by atoms with van der Waals surface area (Å²) < 4.78 is 78.9. The number of rotatable bonds is 7. The van der Waals surface area contributed by atoms with Crippen LogP contribution in [0.5, 0.6) is 0 Å². The van der Waals surface area contributed by atoms with E-state index in [0.717, 1.165) is 22.8 Å². The highest BCUT2D eigenvalue weighted by molar-refractivity contribution is 5.99. The molecule has 1 fully saturated rings. The number of fused-ring (bicyclic) bond motifs is 1. The van der Waals surface area contributed by atoms with Crippen molar-refractivity contribution in [1.29, 1.82) is 0 Å². The van der Waals surface area contributed by atoms with Crippen LogP contribution in [-0.4, -0.2) is 58.4 Å². The summed E-state index contributed by atoms with van der Waals surface area (Å²) in [6.45, 7) is 4.27. The number of aromatic nitrogens is 2. The summed E-state index contributed by atoms with van der Waals surface area (Å²) >= 11 is 0. The average molecular weight is 645 g/mol. The molecule has 0 spiro atoms. The number of hydrogen-bond donors (Lipinski definition) is 2. The molecule has 0 unspecified atom stereocenters. The van der Waals surface area contributed by atoms with Crippen molar-refractivity contribution in [3.63, 3.8) is 0 Å². The maximum absolute atomic E-state index is 15.1. The maximum atomic E-state index is 15.1. The Morgan fingerprint density at radius 1 is 1.15 bits per heavy atom. The van der Waals surface area contributed by atoms with Gasteiger partial charge in [-0.25, -0.2) is 13.6 Å². The number of amides is 1. The Hall–Kier alpha value is -4.85. The number of aliphatic carboxylic acids is 1. The lowest BCUT2D eigenvalue weighted by atomic mass is 9.93. The number of nitrogens with zero attached hydrogens (tertiary/aromatic N) is 3. The van der Waals surface area contributed by atoms with Crippen molar-refractivity contribution in [2.75, 3.05) is 24.7 Å². The fraction of sp³-hybridized carbons (Fsp3) is 0.312. The predicted octanol–water partition coefficient (Wildman–Crippen LogP) is 4.86. The lowest BCUT2D eigenvalue weighted by molar-refractivity contribution is -0.139. The molecule has 0 bridgehead atoms. The molecule has 1 aliphatic heterocycles. The van der Waals surface area contributed by atoms with Gasteiger partial charge in [-0.1, -0.05) is 18.2 Å². The summed E-state index contributed by atoms with van der Waals surface area (Å²) in [6.07, 6.45) is -3.98. The topological polar surface area (TPSA) is 114 Å². The number of carboxylic acid groups (broad SMARTS) is 1. The number of pyridine rings is 2. The first-order valence-electron chi connectivity index (χ1n) is 14.2. The molecule has 0 saturated carbocycles. The molecule has 14 heteroatoms. The van der Waals surface area contributed by atoms with E-state index in [-0.39, 0.29) is 39.5 Å². The molecular formula is C32H29F5N4O5. The largest absolute Gasteiger partial charge is 0.480 e. The molecule has 5 rings (SSSR count). The summed E-state index contributed by atoms with van der Waals surface area (Å²) in [6, 6.07) is 6.52. The van der Waals surface area contributed by atoms with E-state index in [0.29, 0.717) is 19.8 Å². The highest BCUT2D eigenvalue weighted by Crippen LogP contribution is 2.38. The van der Waals surface area contributed by atoms with E-state index in [1.807, 2.05) is 6.92 Å². The number of hydrogen-bond acceptors (Lipinski definition) is 6. The molecule has 0 radical (unpaired) electrons.